The molecule has 0 fully saturated rings. The lowest BCUT2D eigenvalue weighted by Crippen LogP contribution is -1.73. The van der Waals surface area contributed by atoms with Crippen LogP contribution in [0.4, 0.5) is 4.39 Å². The smallest absolute Gasteiger partial charge is 0.123 e. The van der Waals surface area contributed by atoms with E-state index in [0.717, 1.165) is 9.35 Å². The monoisotopic (exact) mass is 282 g/mol. The van der Waals surface area contributed by atoms with Crippen molar-refractivity contribution in [1.29, 1.82) is 0 Å². The second kappa shape index (κ2) is 4.73. The van der Waals surface area contributed by atoms with Crippen LogP contribution in [0.2, 0.25) is 0 Å². The first-order valence-corrected chi connectivity index (χ1v) is 6.04. The third-order valence-electron chi connectivity index (χ3n) is 1.90. The molecule has 76 valence electrons. The third kappa shape index (κ3) is 3.01. The molecule has 0 amide bonds. The Bertz CT molecular complexity index is 471. The van der Waals surface area contributed by atoms with Crippen LogP contribution in [0.3, 0.4) is 0 Å². The highest BCUT2D eigenvalue weighted by Gasteiger charge is 1.93. The van der Waals surface area contributed by atoms with Gasteiger partial charge in [0.15, 0.2) is 0 Å². The maximum absolute atomic E-state index is 12.6. The molecule has 2 aromatic rings. The van der Waals surface area contributed by atoms with Gasteiger partial charge >= 0.3 is 0 Å². The van der Waals surface area contributed by atoms with Crippen LogP contribution in [-0.2, 0) is 0 Å². The summed E-state index contributed by atoms with van der Waals surface area (Å²) in [6.45, 7) is 0. The highest BCUT2D eigenvalue weighted by Crippen LogP contribution is 2.23. The van der Waals surface area contributed by atoms with Crippen LogP contribution in [0.1, 0.15) is 10.4 Å². The quantitative estimate of drug-likeness (QED) is 0.741. The molecule has 15 heavy (non-hydrogen) atoms. The van der Waals surface area contributed by atoms with Gasteiger partial charge in [-0.05, 0) is 51.8 Å². The predicted octanol–water partition coefficient (Wildman–Crippen LogP) is 4.82. The molecule has 0 atom stereocenters. The fraction of sp³-hybridized carbons (Fsp3) is 0. The van der Waals surface area contributed by atoms with E-state index < -0.39 is 0 Å². The second-order valence-corrected chi connectivity index (χ2v) is 5.52. The summed E-state index contributed by atoms with van der Waals surface area (Å²) in [5.41, 5.74) is 1.00. The summed E-state index contributed by atoms with van der Waals surface area (Å²) in [6.07, 6.45) is 3.99. The zero-order chi connectivity index (χ0) is 10.7. The van der Waals surface area contributed by atoms with Gasteiger partial charge in [0, 0.05) is 4.88 Å². The van der Waals surface area contributed by atoms with Gasteiger partial charge in [-0.2, -0.15) is 0 Å². The fourth-order valence-corrected chi connectivity index (χ4v) is 2.50. The summed E-state index contributed by atoms with van der Waals surface area (Å²) in [7, 11) is 0. The van der Waals surface area contributed by atoms with E-state index in [-0.39, 0.29) is 5.82 Å². The number of rotatable bonds is 2. The molecule has 0 unspecified atom stereocenters. The summed E-state index contributed by atoms with van der Waals surface area (Å²) in [4.78, 5) is 1.17. The highest BCUT2D eigenvalue weighted by atomic mass is 79.9. The topological polar surface area (TPSA) is 0 Å². The number of thiophene rings is 1. The zero-order valence-corrected chi connectivity index (χ0v) is 10.2. The van der Waals surface area contributed by atoms with Crippen LogP contribution in [0.25, 0.3) is 12.2 Å². The summed E-state index contributed by atoms with van der Waals surface area (Å²) in [5.74, 6) is -0.203. The van der Waals surface area contributed by atoms with E-state index >= 15 is 0 Å². The van der Waals surface area contributed by atoms with E-state index in [9.17, 15) is 4.39 Å². The lowest BCUT2D eigenvalue weighted by molar-refractivity contribution is 0.628. The molecule has 0 bridgehead atoms. The number of halogens is 2. The molecule has 0 radical (unpaired) electrons. The molecule has 0 N–H and O–H groups in total. The molecule has 0 saturated carbocycles. The number of benzene rings is 1. The van der Waals surface area contributed by atoms with Crippen LogP contribution in [-0.4, -0.2) is 0 Å². The minimum Gasteiger partial charge on any atom is -0.207 e. The Morgan fingerprint density at radius 1 is 1.00 bits per heavy atom. The van der Waals surface area contributed by atoms with Gasteiger partial charge in [0.05, 0.1) is 3.79 Å². The van der Waals surface area contributed by atoms with Gasteiger partial charge in [-0.25, -0.2) is 4.39 Å². The molecule has 0 spiro atoms. The van der Waals surface area contributed by atoms with Crippen LogP contribution in [0, 0.1) is 5.82 Å². The van der Waals surface area contributed by atoms with Gasteiger partial charge in [0.2, 0.25) is 0 Å². The highest BCUT2D eigenvalue weighted by molar-refractivity contribution is 9.11. The minimum atomic E-state index is -0.203. The Morgan fingerprint density at radius 2 is 1.73 bits per heavy atom. The standard InChI is InChI=1S/C12H8BrFS/c13-12-8-7-11(15-12)6-3-9-1-4-10(14)5-2-9/h1-8H/b6-3-. The molecule has 2 rings (SSSR count). The Morgan fingerprint density at radius 3 is 2.33 bits per heavy atom. The van der Waals surface area contributed by atoms with Crippen LogP contribution >= 0.6 is 27.3 Å². The molecule has 0 nitrogen and oxygen atoms in total. The first-order chi connectivity index (χ1) is 7.24. The summed E-state index contributed by atoms with van der Waals surface area (Å²) in [6, 6.07) is 10.5. The van der Waals surface area contributed by atoms with Crippen molar-refractivity contribution in [3.63, 3.8) is 0 Å². The average Bonchev–Trinajstić information content (AvgIpc) is 2.64. The number of hydrogen-bond acceptors (Lipinski definition) is 1. The maximum Gasteiger partial charge on any atom is 0.123 e. The predicted molar refractivity (Wildman–Crippen MR) is 67.3 cm³/mol. The van der Waals surface area contributed by atoms with Crippen LogP contribution in [0.15, 0.2) is 40.2 Å². The first kappa shape index (κ1) is 10.6. The van der Waals surface area contributed by atoms with Gasteiger partial charge in [0.25, 0.3) is 0 Å². The van der Waals surface area contributed by atoms with Crippen molar-refractivity contribution in [2.45, 2.75) is 0 Å². The van der Waals surface area contributed by atoms with E-state index in [0.29, 0.717) is 0 Å². The van der Waals surface area contributed by atoms with E-state index in [2.05, 4.69) is 15.9 Å². The molecule has 1 aromatic heterocycles. The van der Waals surface area contributed by atoms with E-state index in [1.807, 2.05) is 24.3 Å². The maximum atomic E-state index is 12.6. The number of hydrogen-bond donors (Lipinski definition) is 0. The van der Waals surface area contributed by atoms with Crippen molar-refractivity contribution in [2.75, 3.05) is 0 Å². The molecular formula is C12H8BrFS. The normalized spacial score (nSPS) is 11.1. The SMILES string of the molecule is Fc1ccc(/C=C\c2ccc(Br)s2)cc1. The van der Waals surface area contributed by atoms with Gasteiger partial charge < -0.3 is 0 Å². The van der Waals surface area contributed by atoms with Crippen molar-refractivity contribution in [3.05, 3.63) is 56.4 Å². The molecule has 0 aliphatic rings. The minimum absolute atomic E-state index is 0.203. The Balaban J connectivity index is 2.14. The average molecular weight is 283 g/mol. The molecule has 0 saturated heterocycles. The van der Waals surface area contributed by atoms with Crippen LogP contribution < -0.4 is 0 Å². The Kier molecular flexibility index (Phi) is 3.34. The molecule has 1 heterocycles. The lowest BCUT2D eigenvalue weighted by Gasteiger charge is -1.91. The second-order valence-electron chi connectivity index (χ2n) is 3.03. The third-order valence-corrected chi connectivity index (χ3v) is 3.49. The van der Waals surface area contributed by atoms with E-state index in [1.165, 1.54) is 17.0 Å². The summed E-state index contributed by atoms with van der Waals surface area (Å²) >= 11 is 5.07. The fourth-order valence-electron chi connectivity index (χ4n) is 1.17. The van der Waals surface area contributed by atoms with E-state index in [1.54, 1.807) is 23.5 Å². The van der Waals surface area contributed by atoms with Crippen molar-refractivity contribution < 1.29 is 4.39 Å². The first-order valence-electron chi connectivity index (χ1n) is 4.43. The molecular weight excluding hydrogens is 275 g/mol. The molecule has 1 aromatic carbocycles. The van der Waals surface area contributed by atoms with Gasteiger partial charge in [0.1, 0.15) is 5.82 Å². The van der Waals surface area contributed by atoms with Gasteiger partial charge in [-0.15, -0.1) is 11.3 Å². The van der Waals surface area contributed by atoms with Crippen molar-refractivity contribution in [3.8, 4) is 0 Å². The van der Waals surface area contributed by atoms with Crippen molar-refractivity contribution >= 4 is 39.4 Å². The zero-order valence-electron chi connectivity index (χ0n) is 7.78. The van der Waals surface area contributed by atoms with E-state index in [4.69, 9.17) is 0 Å². The van der Waals surface area contributed by atoms with Crippen molar-refractivity contribution in [1.82, 2.24) is 0 Å². The Hall–Kier alpha value is -0.930. The van der Waals surface area contributed by atoms with Crippen molar-refractivity contribution in [2.24, 2.45) is 0 Å². The largest absolute Gasteiger partial charge is 0.207 e. The Labute approximate surface area is 100 Å². The molecule has 0 aliphatic heterocycles. The van der Waals surface area contributed by atoms with Gasteiger partial charge in [-0.1, -0.05) is 18.2 Å². The molecule has 3 heteroatoms. The summed E-state index contributed by atoms with van der Waals surface area (Å²) in [5, 5.41) is 0. The van der Waals surface area contributed by atoms with Crippen LogP contribution in [0.5, 0.6) is 0 Å². The van der Waals surface area contributed by atoms with Gasteiger partial charge in [-0.3, -0.25) is 0 Å². The molecule has 0 aliphatic carbocycles. The summed E-state index contributed by atoms with van der Waals surface area (Å²) < 4.78 is 13.7. The lowest BCUT2D eigenvalue weighted by atomic mass is 10.2.